The number of hydrogen-bond acceptors (Lipinski definition) is 2. The number of halogens is 3. The van der Waals surface area contributed by atoms with Crippen LogP contribution in [0, 0.1) is 11.6 Å². The van der Waals surface area contributed by atoms with E-state index in [2.05, 4.69) is 21.2 Å². The summed E-state index contributed by atoms with van der Waals surface area (Å²) >= 11 is 2.79. The standard InChI is InChI=1S/C13H16BrF2NO2/c1-7(17-12(18)19-13(2,3)4)8-5-9(15)11(14)10(16)6-8/h5-7H,1-4H3,(H,17,18). The van der Waals surface area contributed by atoms with E-state index in [1.807, 2.05) is 0 Å². The van der Waals surface area contributed by atoms with Gasteiger partial charge in [-0.25, -0.2) is 13.6 Å². The van der Waals surface area contributed by atoms with Gasteiger partial charge in [0.15, 0.2) is 0 Å². The molecule has 1 aromatic carbocycles. The molecule has 0 heterocycles. The number of amides is 1. The van der Waals surface area contributed by atoms with E-state index in [0.717, 1.165) is 12.1 Å². The molecule has 1 unspecified atom stereocenters. The van der Waals surface area contributed by atoms with Crippen LogP contribution in [-0.4, -0.2) is 11.7 Å². The fourth-order valence-corrected chi connectivity index (χ4v) is 1.62. The number of hydrogen-bond donors (Lipinski definition) is 1. The Balaban J connectivity index is 2.79. The van der Waals surface area contributed by atoms with Crippen molar-refractivity contribution in [1.29, 1.82) is 0 Å². The van der Waals surface area contributed by atoms with Crippen LogP contribution in [-0.2, 0) is 4.74 Å². The Labute approximate surface area is 119 Å². The minimum atomic E-state index is -0.715. The van der Waals surface area contributed by atoms with Crippen LogP contribution in [0.1, 0.15) is 39.3 Å². The molecule has 0 aliphatic heterocycles. The molecule has 0 aliphatic carbocycles. The molecule has 0 saturated heterocycles. The van der Waals surface area contributed by atoms with Gasteiger partial charge in [0, 0.05) is 0 Å². The van der Waals surface area contributed by atoms with Gasteiger partial charge in [-0.15, -0.1) is 0 Å². The van der Waals surface area contributed by atoms with Crippen LogP contribution >= 0.6 is 15.9 Å². The zero-order valence-electron chi connectivity index (χ0n) is 11.2. The van der Waals surface area contributed by atoms with Crippen LogP contribution in [0.5, 0.6) is 0 Å². The summed E-state index contributed by atoms with van der Waals surface area (Å²) in [7, 11) is 0. The van der Waals surface area contributed by atoms with Crippen molar-refractivity contribution in [2.45, 2.75) is 39.3 Å². The van der Waals surface area contributed by atoms with Gasteiger partial charge in [0.25, 0.3) is 0 Å². The van der Waals surface area contributed by atoms with Gasteiger partial charge in [0.2, 0.25) is 0 Å². The molecule has 1 aromatic rings. The highest BCUT2D eigenvalue weighted by Gasteiger charge is 2.19. The summed E-state index contributed by atoms with van der Waals surface area (Å²) in [6, 6.07) is 1.76. The van der Waals surface area contributed by atoms with Crippen molar-refractivity contribution >= 4 is 22.0 Å². The van der Waals surface area contributed by atoms with E-state index in [1.165, 1.54) is 0 Å². The lowest BCUT2D eigenvalue weighted by molar-refractivity contribution is 0.0507. The third-order valence-corrected chi connectivity index (χ3v) is 3.00. The first-order valence-corrected chi connectivity index (χ1v) is 6.53. The molecule has 0 aliphatic rings. The van der Waals surface area contributed by atoms with Crippen LogP contribution in [0.15, 0.2) is 16.6 Å². The average molecular weight is 336 g/mol. The quantitative estimate of drug-likeness (QED) is 0.817. The van der Waals surface area contributed by atoms with Crippen LogP contribution in [0.4, 0.5) is 13.6 Å². The van der Waals surface area contributed by atoms with Crippen LogP contribution in [0.3, 0.4) is 0 Å². The summed E-state index contributed by atoms with van der Waals surface area (Å²) in [5.74, 6) is -1.43. The maximum Gasteiger partial charge on any atom is 0.408 e. The molecule has 0 aromatic heterocycles. The molecule has 1 amide bonds. The molecular weight excluding hydrogens is 320 g/mol. The van der Waals surface area contributed by atoms with Gasteiger partial charge in [-0.2, -0.15) is 0 Å². The summed E-state index contributed by atoms with van der Waals surface area (Å²) < 4.78 is 31.6. The minimum Gasteiger partial charge on any atom is -0.444 e. The summed E-state index contributed by atoms with van der Waals surface area (Å²) in [5.41, 5.74) is -0.302. The molecule has 19 heavy (non-hydrogen) atoms. The molecule has 6 heteroatoms. The van der Waals surface area contributed by atoms with Gasteiger partial charge in [-0.1, -0.05) is 0 Å². The Kier molecular flexibility index (Phi) is 4.90. The number of carbonyl (C=O) groups is 1. The Morgan fingerprint density at radius 2 is 1.79 bits per heavy atom. The summed E-state index contributed by atoms with van der Waals surface area (Å²) in [4.78, 5) is 11.5. The van der Waals surface area contributed by atoms with E-state index in [9.17, 15) is 13.6 Å². The molecule has 1 N–H and O–H groups in total. The molecule has 0 bridgehead atoms. The second-order valence-electron chi connectivity index (χ2n) is 5.17. The van der Waals surface area contributed by atoms with Gasteiger partial charge in [-0.05, 0) is 61.3 Å². The van der Waals surface area contributed by atoms with Gasteiger partial charge >= 0.3 is 6.09 Å². The zero-order valence-corrected chi connectivity index (χ0v) is 12.8. The fourth-order valence-electron chi connectivity index (χ4n) is 1.39. The van der Waals surface area contributed by atoms with E-state index < -0.39 is 29.4 Å². The van der Waals surface area contributed by atoms with Gasteiger partial charge in [-0.3, -0.25) is 0 Å². The monoisotopic (exact) mass is 335 g/mol. The van der Waals surface area contributed by atoms with E-state index in [0.29, 0.717) is 5.56 Å². The second kappa shape index (κ2) is 5.86. The third kappa shape index (κ3) is 4.78. The molecule has 1 rings (SSSR count). The average Bonchev–Trinajstić information content (AvgIpc) is 2.22. The van der Waals surface area contributed by atoms with Crippen molar-refractivity contribution in [3.63, 3.8) is 0 Å². The highest BCUT2D eigenvalue weighted by molar-refractivity contribution is 9.10. The predicted octanol–water partition coefficient (Wildman–Crippen LogP) is 4.31. The molecule has 1 atom stereocenters. The third-order valence-electron chi connectivity index (χ3n) is 2.24. The fraction of sp³-hybridized carbons (Fsp3) is 0.462. The normalized spacial score (nSPS) is 13.0. The largest absolute Gasteiger partial charge is 0.444 e. The number of alkyl carbamates (subject to hydrolysis) is 1. The highest BCUT2D eigenvalue weighted by Crippen LogP contribution is 2.24. The van der Waals surface area contributed by atoms with Crippen molar-refractivity contribution in [3.05, 3.63) is 33.8 Å². The van der Waals surface area contributed by atoms with Gasteiger partial charge in [0.05, 0.1) is 10.5 Å². The molecule has 0 radical (unpaired) electrons. The van der Waals surface area contributed by atoms with Crippen LogP contribution < -0.4 is 5.32 Å². The van der Waals surface area contributed by atoms with E-state index in [1.54, 1.807) is 27.7 Å². The molecule has 106 valence electrons. The predicted molar refractivity (Wildman–Crippen MR) is 71.8 cm³/mol. The molecule has 0 fully saturated rings. The minimum absolute atomic E-state index is 0.222. The van der Waals surface area contributed by atoms with Gasteiger partial charge < -0.3 is 10.1 Å². The summed E-state index contributed by atoms with van der Waals surface area (Å²) in [6.07, 6.45) is -0.635. The van der Waals surface area contributed by atoms with E-state index >= 15 is 0 Å². The molecule has 3 nitrogen and oxygen atoms in total. The van der Waals surface area contributed by atoms with Crippen molar-refractivity contribution in [3.8, 4) is 0 Å². The van der Waals surface area contributed by atoms with Crippen LogP contribution in [0.2, 0.25) is 0 Å². The maximum absolute atomic E-state index is 13.4. The molecule has 0 saturated carbocycles. The smallest absolute Gasteiger partial charge is 0.408 e. The lowest BCUT2D eigenvalue weighted by atomic mass is 10.1. The number of carbonyl (C=O) groups excluding carboxylic acids is 1. The Morgan fingerprint density at radius 1 is 1.32 bits per heavy atom. The zero-order chi connectivity index (χ0) is 14.8. The van der Waals surface area contributed by atoms with Crippen molar-refractivity contribution in [2.24, 2.45) is 0 Å². The lowest BCUT2D eigenvalue weighted by Gasteiger charge is -2.22. The van der Waals surface area contributed by atoms with Crippen molar-refractivity contribution in [2.75, 3.05) is 0 Å². The SMILES string of the molecule is CC(NC(=O)OC(C)(C)C)c1cc(F)c(Br)c(F)c1. The van der Waals surface area contributed by atoms with E-state index in [4.69, 9.17) is 4.74 Å². The van der Waals surface area contributed by atoms with Crippen molar-refractivity contribution in [1.82, 2.24) is 5.32 Å². The molecule has 0 spiro atoms. The van der Waals surface area contributed by atoms with Crippen LogP contribution in [0.25, 0.3) is 0 Å². The topological polar surface area (TPSA) is 38.3 Å². The molecular formula is C13H16BrF2NO2. The number of ether oxygens (including phenoxy) is 1. The Bertz CT molecular complexity index is 463. The van der Waals surface area contributed by atoms with Crippen molar-refractivity contribution < 1.29 is 18.3 Å². The Morgan fingerprint density at radius 3 is 2.21 bits per heavy atom. The van der Waals surface area contributed by atoms with E-state index in [-0.39, 0.29) is 4.47 Å². The first-order valence-electron chi connectivity index (χ1n) is 5.74. The second-order valence-corrected chi connectivity index (χ2v) is 5.96. The van der Waals surface area contributed by atoms with Gasteiger partial charge in [0.1, 0.15) is 17.2 Å². The first-order chi connectivity index (χ1) is 8.60. The number of benzene rings is 1. The maximum atomic E-state index is 13.4. The highest BCUT2D eigenvalue weighted by atomic mass is 79.9. The number of rotatable bonds is 2. The summed E-state index contributed by atoms with van der Waals surface area (Å²) in [6.45, 7) is 6.81. The Hall–Kier alpha value is -1.17. The summed E-state index contributed by atoms with van der Waals surface area (Å²) in [5, 5.41) is 2.52. The first kappa shape index (κ1) is 15.9. The lowest BCUT2D eigenvalue weighted by Crippen LogP contribution is -2.34. The number of nitrogens with one attached hydrogen (secondary N) is 1.